The number of unbranched alkanes of at least 4 members (excludes halogenated alkanes) is 18. The van der Waals surface area contributed by atoms with Crippen LogP contribution in [0.2, 0.25) is 45.2 Å². The van der Waals surface area contributed by atoms with Gasteiger partial charge in [-0.25, -0.2) is 0 Å². The van der Waals surface area contributed by atoms with E-state index < -0.39 is 23.6 Å². The van der Waals surface area contributed by atoms with Gasteiger partial charge in [-0.15, -0.1) is 0 Å². The summed E-state index contributed by atoms with van der Waals surface area (Å²) >= 11 is 62.6. The van der Waals surface area contributed by atoms with E-state index in [0.717, 1.165) is 134 Å². The quantitative estimate of drug-likeness (QED) is 0.0165. The highest BCUT2D eigenvalue weighted by Crippen LogP contribution is 2.53. The second-order valence-corrected chi connectivity index (χ2v) is 46.8. The number of benzene rings is 9. The molecular formula is C129H189BCl9N3O3. The van der Waals surface area contributed by atoms with Crippen molar-refractivity contribution in [3.8, 4) is 0 Å². The standard InChI is InChI=1S/3C43H63Cl3N.BO3/c3*1-8-12-16-17-18-39(47(27-13-9-2,28-14-10-3)29-15-11-4)25-26-43(36-22-19-33(5)40(44)30-36,37-23-20-34(6)41(45)31-37)38-24-21-35(7)42(46)32-38;2-1(3)4/h3*19-24,30-32,39H,8-18,25-29H2,1-7H3;/q3*+1;-3. The van der Waals surface area contributed by atoms with Gasteiger partial charge in [0.2, 0.25) is 0 Å². The summed E-state index contributed by atoms with van der Waals surface area (Å²) in [5.41, 5.74) is 19.4. The van der Waals surface area contributed by atoms with Crippen molar-refractivity contribution in [3.05, 3.63) is 309 Å². The van der Waals surface area contributed by atoms with Gasteiger partial charge in [-0.1, -0.05) is 412 Å². The van der Waals surface area contributed by atoms with Crippen LogP contribution in [-0.2, 0) is 16.2 Å². The summed E-state index contributed by atoms with van der Waals surface area (Å²) < 4.78 is 3.78. The second-order valence-electron chi connectivity index (χ2n) is 43.2. The van der Waals surface area contributed by atoms with Crippen LogP contribution in [0.5, 0.6) is 0 Å². The molecule has 0 bridgehead atoms. The lowest BCUT2D eigenvalue weighted by atomic mass is 9.65. The van der Waals surface area contributed by atoms with E-state index in [2.05, 4.69) is 309 Å². The zero-order chi connectivity index (χ0) is 107. The molecule has 0 aliphatic heterocycles. The van der Waals surface area contributed by atoms with E-state index in [1.807, 2.05) is 0 Å². The lowest BCUT2D eigenvalue weighted by Crippen LogP contribution is -2.57. The van der Waals surface area contributed by atoms with Gasteiger partial charge in [0, 0.05) is 80.7 Å². The number of rotatable bonds is 63. The van der Waals surface area contributed by atoms with Gasteiger partial charge in [-0.3, -0.25) is 7.32 Å². The van der Waals surface area contributed by atoms with Crippen molar-refractivity contribution < 1.29 is 28.5 Å². The Hall–Kier alpha value is -4.59. The lowest BCUT2D eigenvalue weighted by molar-refractivity contribution is -0.952. The molecule has 0 saturated carbocycles. The third-order valence-electron chi connectivity index (χ3n) is 32.6. The molecule has 0 amide bonds. The van der Waals surface area contributed by atoms with Crippen molar-refractivity contribution in [1.29, 1.82) is 0 Å². The van der Waals surface area contributed by atoms with Gasteiger partial charge in [0.1, 0.15) is 0 Å². The number of quaternary nitrogens is 3. The fourth-order valence-corrected chi connectivity index (χ4v) is 24.7. The van der Waals surface area contributed by atoms with Crippen LogP contribution in [0.1, 0.15) is 434 Å². The number of aryl methyl sites for hydroxylation is 9. The number of nitrogens with zero attached hydrogens (tertiary/aromatic N) is 3. The molecule has 0 N–H and O–H groups in total. The summed E-state index contributed by atoms with van der Waals surface area (Å²) in [6.07, 6.45) is 48.6. The molecule has 0 fully saturated rings. The molecule has 0 aromatic heterocycles. The van der Waals surface area contributed by atoms with Gasteiger partial charge in [0.15, 0.2) is 0 Å². The third-order valence-corrected chi connectivity index (χ3v) is 36.3. The first-order valence-corrected chi connectivity index (χ1v) is 60.3. The van der Waals surface area contributed by atoms with Crippen molar-refractivity contribution in [1.82, 2.24) is 0 Å². The Morgan fingerprint density at radius 3 is 0.428 bits per heavy atom. The summed E-state index contributed by atoms with van der Waals surface area (Å²) in [7, 11) is -2.92. The molecule has 0 aliphatic carbocycles. The third kappa shape index (κ3) is 37.4. The Balaban J connectivity index is 0.000000326. The highest BCUT2D eigenvalue weighted by molar-refractivity contribution is 6.34. The Morgan fingerprint density at radius 1 is 0.193 bits per heavy atom. The Kier molecular flexibility index (Phi) is 59.8. The van der Waals surface area contributed by atoms with Gasteiger partial charge >= 0.3 is 0 Å². The minimum Gasteiger partial charge on any atom is -0.907 e. The number of halogens is 9. The lowest BCUT2D eigenvalue weighted by Gasteiger charge is -2.47. The maximum atomic E-state index is 8.42. The highest BCUT2D eigenvalue weighted by Gasteiger charge is 2.47. The van der Waals surface area contributed by atoms with Gasteiger partial charge in [0.05, 0.1) is 77.0 Å². The molecule has 6 nitrogen and oxygen atoms in total. The molecule has 3 atom stereocenters. The van der Waals surface area contributed by atoms with E-state index >= 15 is 0 Å². The first-order chi connectivity index (χ1) is 69.5. The maximum Gasteiger partial charge on any atom is 0.0890 e. The minimum absolute atomic E-state index is 0.455. The largest absolute Gasteiger partial charge is 0.907 e. The Bertz CT molecular complexity index is 4280. The summed E-state index contributed by atoms with van der Waals surface area (Å²) in [4.78, 5) is 0. The summed E-state index contributed by atoms with van der Waals surface area (Å²) in [6, 6.07) is 62.0. The normalized spacial score (nSPS) is 12.7. The molecule has 145 heavy (non-hydrogen) atoms. The van der Waals surface area contributed by atoms with Crippen molar-refractivity contribution in [3.63, 3.8) is 0 Å². The van der Waals surface area contributed by atoms with Gasteiger partial charge in [-0.2, -0.15) is 0 Å². The van der Waals surface area contributed by atoms with E-state index in [0.29, 0.717) is 18.1 Å². The first kappa shape index (κ1) is 129. The monoisotopic (exact) mass is 2150 g/mol. The molecule has 3 unspecified atom stereocenters. The highest BCUT2D eigenvalue weighted by atomic mass is 35.5. The van der Waals surface area contributed by atoms with Crippen LogP contribution in [0.3, 0.4) is 0 Å². The van der Waals surface area contributed by atoms with Crippen molar-refractivity contribution in [2.24, 2.45) is 0 Å². The predicted octanol–water partition coefficient (Wildman–Crippen LogP) is 38.8. The predicted molar refractivity (Wildman–Crippen MR) is 635 cm³/mol. The van der Waals surface area contributed by atoms with Crippen LogP contribution in [0.4, 0.5) is 0 Å². The fraction of sp³-hybridized carbons (Fsp3) is 0.581. The van der Waals surface area contributed by atoms with Gasteiger partial charge in [-0.05, 0) is 333 Å². The molecule has 9 rings (SSSR count). The topological polar surface area (TPSA) is 69.2 Å². The maximum absolute atomic E-state index is 8.42. The summed E-state index contributed by atoms with van der Waals surface area (Å²) in [5, 5.41) is 32.5. The van der Waals surface area contributed by atoms with Crippen LogP contribution < -0.4 is 15.1 Å². The van der Waals surface area contributed by atoms with Gasteiger partial charge < -0.3 is 28.5 Å². The Labute approximate surface area is 930 Å². The molecule has 0 radical (unpaired) electrons. The van der Waals surface area contributed by atoms with Crippen LogP contribution in [0, 0.1) is 62.3 Å². The van der Waals surface area contributed by atoms with Crippen LogP contribution >= 0.6 is 104 Å². The van der Waals surface area contributed by atoms with Crippen LogP contribution in [0.25, 0.3) is 0 Å². The van der Waals surface area contributed by atoms with Crippen molar-refractivity contribution in [2.75, 3.05) is 58.9 Å². The molecule has 804 valence electrons. The molecule has 0 aliphatic rings. The van der Waals surface area contributed by atoms with E-state index in [1.165, 1.54) is 334 Å². The zero-order valence-corrected chi connectivity index (χ0v) is 101. The molecule has 9 aromatic rings. The summed E-state index contributed by atoms with van der Waals surface area (Å²) in [6.45, 7) is 58.6. The van der Waals surface area contributed by atoms with Crippen LogP contribution in [-0.4, -0.2) is 97.8 Å². The first-order valence-electron chi connectivity index (χ1n) is 56.9. The van der Waals surface area contributed by atoms with Crippen molar-refractivity contribution >= 4 is 112 Å². The van der Waals surface area contributed by atoms with E-state index in [-0.39, 0.29) is 0 Å². The van der Waals surface area contributed by atoms with Crippen molar-refractivity contribution in [2.45, 2.75) is 430 Å². The van der Waals surface area contributed by atoms with Crippen LogP contribution in [0.15, 0.2) is 164 Å². The second kappa shape index (κ2) is 67.2. The minimum atomic E-state index is -2.92. The fourth-order valence-electron chi connectivity index (χ4n) is 23.1. The Morgan fingerprint density at radius 2 is 0.317 bits per heavy atom. The number of hydrogen-bond acceptors (Lipinski definition) is 3. The van der Waals surface area contributed by atoms with Gasteiger partial charge in [0.25, 0.3) is 0 Å². The molecular weight excluding hydrogens is 1970 g/mol. The molecule has 16 heteroatoms. The summed E-state index contributed by atoms with van der Waals surface area (Å²) in [5.74, 6) is 0. The molecule has 9 aromatic carbocycles. The molecule has 0 saturated heterocycles. The molecule has 0 spiro atoms. The SMILES string of the molecule is CCCCCCC(CCC(c1ccc(C)c(Cl)c1)(c1ccc(C)c(Cl)c1)c1ccc(C)c(Cl)c1)[N+](CCCC)(CCCC)CCCC.CCCCCCC(CCC(c1ccc(C)c(Cl)c1)(c1ccc(C)c(Cl)c1)c1ccc(C)c(Cl)c1)[N+](CCCC)(CCCC)CCCC.CCCCCCC(CCC(c1ccc(C)c(Cl)c1)(c1ccc(C)c(Cl)c1)c1ccc(C)c(Cl)c1)[N+](CCCC)(CCCC)CCCC.[O-]B([O-])[O-]. The smallest absolute Gasteiger partial charge is 0.0890 e. The average Bonchev–Trinajstić information content (AvgIpc) is 0.748. The zero-order valence-electron chi connectivity index (χ0n) is 93.8. The molecule has 0 heterocycles. The van der Waals surface area contributed by atoms with E-state index in [9.17, 15) is 0 Å². The van der Waals surface area contributed by atoms with E-state index in [4.69, 9.17) is 119 Å². The average molecular weight is 2160 g/mol. The number of hydrogen-bond donors (Lipinski definition) is 0. The van der Waals surface area contributed by atoms with E-state index in [1.54, 1.807) is 0 Å².